The van der Waals surface area contributed by atoms with Crippen molar-refractivity contribution < 1.29 is 4.79 Å². The molecule has 0 aliphatic rings. The summed E-state index contributed by atoms with van der Waals surface area (Å²) >= 11 is 0. The molecular weight excluding hydrogens is 222 g/mol. The number of carbonyl (C=O) groups is 1. The summed E-state index contributed by atoms with van der Waals surface area (Å²) in [4.78, 5) is 10.5. The number of hydrogen-bond acceptors (Lipinski definition) is 1. The minimum Gasteiger partial charge on any atom is -0.370 e. The Morgan fingerprint density at radius 2 is 1.28 bits per heavy atom. The van der Waals surface area contributed by atoms with E-state index >= 15 is 0 Å². The van der Waals surface area contributed by atoms with E-state index in [0.29, 0.717) is 6.42 Å². The Morgan fingerprint density at radius 3 is 1.72 bits per heavy atom. The van der Waals surface area contributed by atoms with Gasteiger partial charge in [-0.25, -0.2) is 0 Å². The highest BCUT2D eigenvalue weighted by Gasteiger charge is 2.02. The summed E-state index contributed by atoms with van der Waals surface area (Å²) in [7, 11) is 0. The highest BCUT2D eigenvalue weighted by atomic mass is 16.1. The predicted octanol–water partition coefficient (Wildman–Crippen LogP) is 4.81. The van der Waals surface area contributed by atoms with Gasteiger partial charge in [-0.1, -0.05) is 78.1 Å². The Balaban J connectivity index is 3.09. The molecule has 108 valence electrons. The largest absolute Gasteiger partial charge is 0.370 e. The quantitative estimate of drug-likeness (QED) is 0.472. The second kappa shape index (κ2) is 12.9. The van der Waals surface area contributed by atoms with Crippen LogP contribution >= 0.6 is 0 Å². The van der Waals surface area contributed by atoms with Crippen LogP contribution in [-0.4, -0.2) is 5.91 Å². The van der Waals surface area contributed by atoms with Gasteiger partial charge in [-0.05, 0) is 12.3 Å². The van der Waals surface area contributed by atoms with Crippen LogP contribution in [0.4, 0.5) is 0 Å². The molecule has 0 aromatic rings. The first-order chi connectivity index (χ1) is 8.70. The van der Waals surface area contributed by atoms with Gasteiger partial charge in [0, 0.05) is 6.42 Å². The maximum Gasteiger partial charge on any atom is 0.217 e. The molecular formula is C16H33NO. The first-order valence-electron chi connectivity index (χ1n) is 7.99. The van der Waals surface area contributed by atoms with Gasteiger partial charge >= 0.3 is 0 Å². The monoisotopic (exact) mass is 255 g/mol. The van der Waals surface area contributed by atoms with Crippen molar-refractivity contribution in [2.75, 3.05) is 0 Å². The molecule has 0 bridgehead atoms. The zero-order chi connectivity index (χ0) is 13.6. The van der Waals surface area contributed by atoms with E-state index in [1.807, 2.05) is 0 Å². The number of primary amides is 1. The fourth-order valence-electron chi connectivity index (χ4n) is 2.49. The molecule has 1 amide bonds. The zero-order valence-corrected chi connectivity index (χ0v) is 12.5. The summed E-state index contributed by atoms with van der Waals surface area (Å²) in [5.41, 5.74) is 5.10. The van der Waals surface area contributed by atoms with Crippen LogP contribution in [0.25, 0.3) is 0 Å². The van der Waals surface area contributed by atoms with E-state index in [1.54, 1.807) is 0 Å². The lowest BCUT2D eigenvalue weighted by Gasteiger charge is -2.11. The van der Waals surface area contributed by atoms with E-state index in [4.69, 9.17) is 5.73 Å². The summed E-state index contributed by atoms with van der Waals surface area (Å²) in [5, 5.41) is 0. The third-order valence-corrected chi connectivity index (χ3v) is 3.94. The molecule has 0 aliphatic heterocycles. The highest BCUT2D eigenvalue weighted by Crippen LogP contribution is 2.17. The van der Waals surface area contributed by atoms with Crippen molar-refractivity contribution in [3.8, 4) is 0 Å². The Kier molecular flexibility index (Phi) is 12.5. The number of rotatable bonds is 13. The van der Waals surface area contributed by atoms with Gasteiger partial charge < -0.3 is 5.73 Å². The van der Waals surface area contributed by atoms with Crippen molar-refractivity contribution in [1.29, 1.82) is 0 Å². The number of unbranched alkanes of at least 4 members (excludes halogenated alkanes) is 7. The minimum atomic E-state index is -0.156. The molecule has 0 radical (unpaired) electrons. The van der Waals surface area contributed by atoms with Crippen LogP contribution in [0.5, 0.6) is 0 Å². The average molecular weight is 255 g/mol. The summed E-state index contributed by atoms with van der Waals surface area (Å²) in [6, 6.07) is 0. The third-order valence-electron chi connectivity index (χ3n) is 3.94. The van der Waals surface area contributed by atoms with Gasteiger partial charge in [0.2, 0.25) is 5.91 Å². The molecule has 2 nitrogen and oxygen atoms in total. The van der Waals surface area contributed by atoms with Crippen molar-refractivity contribution in [1.82, 2.24) is 0 Å². The molecule has 0 saturated carbocycles. The lowest BCUT2D eigenvalue weighted by Crippen LogP contribution is -2.09. The standard InChI is InChI=1S/C16H33NO/c1-3-15(4-2)13-11-9-7-5-6-8-10-12-14-16(17)18/h15H,3-14H2,1-2H3,(H2,17,18). The van der Waals surface area contributed by atoms with Crippen molar-refractivity contribution in [3.05, 3.63) is 0 Å². The van der Waals surface area contributed by atoms with E-state index in [9.17, 15) is 4.79 Å². The van der Waals surface area contributed by atoms with Gasteiger partial charge in [0.1, 0.15) is 0 Å². The number of hydrogen-bond donors (Lipinski definition) is 1. The first-order valence-corrected chi connectivity index (χ1v) is 7.99. The smallest absolute Gasteiger partial charge is 0.217 e. The van der Waals surface area contributed by atoms with Gasteiger partial charge in [-0.2, -0.15) is 0 Å². The van der Waals surface area contributed by atoms with Crippen LogP contribution < -0.4 is 5.73 Å². The average Bonchev–Trinajstić information content (AvgIpc) is 2.36. The number of carbonyl (C=O) groups excluding carboxylic acids is 1. The van der Waals surface area contributed by atoms with E-state index < -0.39 is 0 Å². The molecule has 0 aromatic heterocycles. The Bertz CT molecular complexity index is 188. The van der Waals surface area contributed by atoms with Crippen LogP contribution in [0.2, 0.25) is 0 Å². The molecule has 0 heterocycles. The summed E-state index contributed by atoms with van der Waals surface area (Å²) in [6.45, 7) is 4.61. The van der Waals surface area contributed by atoms with Crippen LogP contribution in [-0.2, 0) is 4.79 Å². The molecule has 0 aromatic carbocycles. The third kappa shape index (κ3) is 11.9. The molecule has 2 heteroatoms. The Morgan fingerprint density at radius 1 is 0.833 bits per heavy atom. The second-order valence-corrected chi connectivity index (χ2v) is 5.52. The lowest BCUT2D eigenvalue weighted by atomic mass is 9.95. The van der Waals surface area contributed by atoms with Gasteiger partial charge in [0.05, 0.1) is 0 Å². The van der Waals surface area contributed by atoms with Crippen molar-refractivity contribution in [2.45, 2.75) is 90.9 Å². The SMILES string of the molecule is CCC(CC)CCCCCCCCCCC(N)=O. The second-order valence-electron chi connectivity index (χ2n) is 5.52. The molecule has 0 rings (SSSR count). The van der Waals surface area contributed by atoms with Gasteiger partial charge in [0.15, 0.2) is 0 Å². The van der Waals surface area contributed by atoms with Crippen LogP contribution in [0.1, 0.15) is 90.9 Å². The Hall–Kier alpha value is -0.530. The lowest BCUT2D eigenvalue weighted by molar-refractivity contribution is -0.118. The summed E-state index contributed by atoms with van der Waals surface area (Å²) < 4.78 is 0. The van der Waals surface area contributed by atoms with Crippen molar-refractivity contribution in [3.63, 3.8) is 0 Å². The Labute approximate surface area is 114 Å². The fraction of sp³-hybridized carbons (Fsp3) is 0.938. The molecule has 18 heavy (non-hydrogen) atoms. The number of nitrogens with two attached hydrogens (primary N) is 1. The molecule has 0 saturated heterocycles. The van der Waals surface area contributed by atoms with E-state index in [2.05, 4.69) is 13.8 Å². The van der Waals surface area contributed by atoms with E-state index in [1.165, 1.54) is 57.8 Å². The molecule has 0 atom stereocenters. The molecule has 0 unspecified atom stereocenters. The first kappa shape index (κ1) is 17.5. The fourth-order valence-corrected chi connectivity index (χ4v) is 2.49. The van der Waals surface area contributed by atoms with Gasteiger partial charge in [-0.3, -0.25) is 4.79 Å². The molecule has 0 spiro atoms. The van der Waals surface area contributed by atoms with E-state index in [0.717, 1.165) is 18.8 Å². The number of amides is 1. The molecule has 0 fully saturated rings. The maximum absolute atomic E-state index is 10.5. The summed E-state index contributed by atoms with van der Waals surface area (Å²) in [6.07, 6.45) is 15.0. The summed E-state index contributed by atoms with van der Waals surface area (Å²) in [5.74, 6) is 0.801. The van der Waals surface area contributed by atoms with Crippen LogP contribution in [0, 0.1) is 5.92 Å². The van der Waals surface area contributed by atoms with E-state index in [-0.39, 0.29) is 5.91 Å². The normalized spacial score (nSPS) is 11.1. The predicted molar refractivity (Wildman–Crippen MR) is 79.4 cm³/mol. The van der Waals surface area contributed by atoms with Crippen LogP contribution in [0.15, 0.2) is 0 Å². The topological polar surface area (TPSA) is 43.1 Å². The van der Waals surface area contributed by atoms with Crippen molar-refractivity contribution in [2.24, 2.45) is 11.7 Å². The molecule has 2 N–H and O–H groups in total. The molecule has 0 aliphatic carbocycles. The zero-order valence-electron chi connectivity index (χ0n) is 12.5. The van der Waals surface area contributed by atoms with Crippen LogP contribution in [0.3, 0.4) is 0 Å². The van der Waals surface area contributed by atoms with Gasteiger partial charge in [-0.15, -0.1) is 0 Å². The minimum absolute atomic E-state index is 0.156. The van der Waals surface area contributed by atoms with Gasteiger partial charge in [0.25, 0.3) is 0 Å². The maximum atomic E-state index is 10.5. The highest BCUT2D eigenvalue weighted by molar-refractivity contribution is 5.73. The van der Waals surface area contributed by atoms with Crippen molar-refractivity contribution >= 4 is 5.91 Å².